The van der Waals surface area contributed by atoms with Gasteiger partial charge in [0.2, 0.25) is 0 Å². The molecule has 2 atom stereocenters. The minimum Gasteiger partial charge on any atom is -0.550 e. The molecule has 47 heavy (non-hydrogen) atoms. The Labute approximate surface area is 271 Å². The largest absolute Gasteiger partial charge is 0.550 e. The van der Waals surface area contributed by atoms with E-state index in [1.807, 2.05) is 66.9 Å². The quantitative estimate of drug-likeness (QED) is 0.137. The maximum atomic E-state index is 14.0. The lowest BCUT2D eigenvalue weighted by Gasteiger charge is -2.20. The molecule has 0 aliphatic carbocycles. The van der Waals surface area contributed by atoms with E-state index in [1.54, 1.807) is 24.3 Å². The number of tetrazole rings is 1. The van der Waals surface area contributed by atoms with Gasteiger partial charge in [-0.3, -0.25) is 4.79 Å². The normalized spacial score (nSPS) is 12.2. The first-order valence-electron chi connectivity index (χ1n) is 15.1. The maximum Gasteiger partial charge on any atom is 0.394 e. The highest BCUT2D eigenvalue weighted by Gasteiger charge is 2.30. The van der Waals surface area contributed by atoms with Crippen molar-refractivity contribution in [1.29, 1.82) is 0 Å². The minimum atomic E-state index is -1.39. The highest BCUT2D eigenvalue weighted by molar-refractivity contribution is 6.12. The van der Waals surface area contributed by atoms with Crippen molar-refractivity contribution >= 4 is 23.5 Å². The predicted molar refractivity (Wildman–Crippen MR) is 172 cm³/mol. The topological polar surface area (TPSA) is 196 Å². The molecule has 0 saturated heterocycles. The summed E-state index contributed by atoms with van der Waals surface area (Å²) in [5, 5.41) is 46.0. The summed E-state index contributed by atoms with van der Waals surface area (Å²) in [6.45, 7) is 4.22. The Bertz CT molecular complexity index is 1730. The summed E-state index contributed by atoms with van der Waals surface area (Å²) in [5.74, 6) is -1.90. The number of aliphatic hydroxyl groups is 2. The number of nitrogens with two attached hydrogens (primary N) is 1. The lowest BCUT2D eigenvalue weighted by molar-refractivity contribution is -0.440. The number of nitrogen functional groups attached to an aromatic ring is 1. The van der Waals surface area contributed by atoms with Crippen LogP contribution in [0.1, 0.15) is 55.1 Å². The molecule has 3 aromatic carbocycles. The van der Waals surface area contributed by atoms with Crippen molar-refractivity contribution in [2.24, 2.45) is 0 Å². The van der Waals surface area contributed by atoms with Crippen LogP contribution in [0.25, 0.3) is 22.4 Å². The van der Waals surface area contributed by atoms with Crippen LogP contribution in [0.3, 0.4) is 0 Å². The van der Waals surface area contributed by atoms with Gasteiger partial charge < -0.3 is 35.7 Å². The molecule has 1 amide bonds. The number of H-pyrrole nitrogens is 2. The number of rotatable bonds is 12. The fourth-order valence-corrected chi connectivity index (χ4v) is 5.38. The third-order valence-corrected chi connectivity index (χ3v) is 7.31. The summed E-state index contributed by atoms with van der Waals surface area (Å²) in [6, 6.07) is 24.7. The smallest absolute Gasteiger partial charge is 0.394 e. The minimum absolute atomic E-state index is 0.121. The van der Waals surface area contributed by atoms with Crippen molar-refractivity contribution in [1.82, 2.24) is 20.1 Å². The highest BCUT2D eigenvalue weighted by atomic mass is 19.1. The number of aromatic amines is 2. The number of hydrogen-bond donors (Lipinski definition) is 5. The number of aliphatic hydroxyl groups excluding tert-OH is 2. The van der Waals surface area contributed by atoms with Crippen LogP contribution in [0.15, 0.2) is 84.9 Å². The number of aromatic nitrogens is 5. The highest BCUT2D eigenvalue weighted by Crippen LogP contribution is 2.42. The van der Waals surface area contributed by atoms with Crippen LogP contribution in [-0.4, -0.2) is 54.4 Å². The molecule has 2 aromatic heterocycles. The summed E-state index contributed by atoms with van der Waals surface area (Å²) >= 11 is 0. The molecule has 0 fully saturated rings. The Kier molecular flexibility index (Phi) is 11.9. The van der Waals surface area contributed by atoms with E-state index in [4.69, 9.17) is 5.73 Å². The van der Waals surface area contributed by atoms with E-state index in [-0.39, 0.29) is 31.2 Å². The number of para-hydroxylation sites is 1. The molecule has 0 spiro atoms. The number of benzene rings is 3. The molecule has 7 N–H and O–H groups in total. The average molecular weight is 644 g/mol. The first kappa shape index (κ1) is 34.5. The van der Waals surface area contributed by atoms with Crippen molar-refractivity contribution in [3.05, 3.63) is 102 Å². The molecular formula is C34H38FN7O5. The Hall–Kier alpha value is -5.40. The average Bonchev–Trinajstić information content (AvgIpc) is 3.66. The van der Waals surface area contributed by atoms with Gasteiger partial charge in [0.15, 0.2) is 0 Å². The van der Waals surface area contributed by atoms with Crippen LogP contribution in [0, 0.1) is 5.82 Å². The zero-order valence-electron chi connectivity index (χ0n) is 26.1. The molecule has 13 heteroatoms. The number of anilines is 2. The number of carboxylic acid groups (broad SMARTS) is 1. The SMILES string of the molecule is CC(C)c1c(C(=O)Nc2ccccc2)c(-c2ccccc2)c(-c2ccc(F)cc2)n1CC[C@@H](O)C[C@@H](O)CC(=O)[O-].Nc1nn[nH][nH+]1. The number of aliphatic carboxylic acids is 1. The van der Waals surface area contributed by atoms with Gasteiger partial charge in [-0.2, -0.15) is 5.10 Å². The Morgan fingerprint density at radius 2 is 1.62 bits per heavy atom. The van der Waals surface area contributed by atoms with E-state index in [2.05, 4.69) is 25.9 Å². The standard InChI is InChI=1S/C33H35FN2O5.CH3N5/c1-21(2)31-30(33(41)35-25-11-7-4-8-12-25)29(22-9-5-3-6-10-22)32(23-13-15-24(34)16-14-23)36(31)18-17-26(37)19-27(38)20-28(39)40;2-1-3-5-6-4-1/h3-16,21,26-27,37-38H,17-20H2,1-2H3,(H,35,41)(H,39,40);(H3,2,3,4,5,6)/t26-,27-;/m1./s1. The van der Waals surface area contributed by atoms with E-state index in [1.165, 1.54) is 12.1 Å². The second-order valence-corrected chi connectivity index (χ2v) is 11.2. The van der Waals surface area contributed by atoms with Gasteiger partial charge in [-0.1, -0.05) is 62.4 Å². The Morgan fingerprint density at radius 3 is 2.15 bits per heavy atom. The maximum absolute atomic E-state index is 14.0. The van der Waals surface area contributed by atoms with Crippen molar-refractivity contribution in [2.45, 2.75) is 57.8 Å². The molecule has 0 unspecified atom stereocenters. The molecular weight excluding hydrogens is 605 g/mol. The van der Waals surface area contributed by atoms with Gasteiger partial charge in [0.25, 0.3) is 5.91 Å². The van der Waals surface area contributed by atoms with Crippen LogP contribution in [0.5, 0.6) is 0 Å². The predicted octanol–water partition coefficient (Wildman–Crippen LogP) is 3.18. The fourth-order valence-electron chi connectivity index (χ4n) is 5.38. The van der Waals surface area contributed by atoms with Gasteiger partial charge in [0, 0.05) is 35.9 Å². The van der Waals surface area contributed by atoms with Gasteiger partial charge in [0.05, 0.1) is 28.6 Å². The number of carbonyl (C=O) groups excluding carboxylic acids is 2. The molecule has 246 valence electrons. The second kappa shape index (κ2) is 16.2. The van der Waals surface area contributed by atoms with Crippen molar-refractivity contribution in [3.63, 3.8) is 0 Å². The number of hydrogen-bond acceptors (Lipinski definition) is 8. The first-order chi connectivity index (χ1) is 22.5. The van der Waals surface area contributed by atoms with E-state index in [9.17, 15) is 29.3 Å². The zero-order chi connectivity index (χ0) is 33.9. The summed E-state index contributed by atoms with van der Waals surface area (Å²) in [6.07, 6.45) is -2.77. The lowest BCUT2D eigenvalue weighted by atomic mass is 9.94. The van der Waals surface area contributed by atoms with Gasteiger partial charge in [-0.25, -0.2) is 4.39 Å². The van der Waals surface area contributed by atoms with E-state index in [0.29, 0.717) is 34.0 Å². The van der Waals surface area contributed by atoms with Crippen LogP contribution >= 0.6 is 0 Å². The third kappa shape index (κ3) is 9.31. The molecule has 2 heterocycles. The number of nitrogens with one attached hydrogen (secondary N) is 3. The fraction of sp³-hybridized carbons (Fsp3) is 0.265. The summed E-state index contributed by atoms with van der Waals surface area (Å²) in [5.41, 5.74) is 9.73. The first-order valence-corrected chi connectivity index (χ1v) is 15.1. The molecule has 0 aliphatic heterocycles. The molecule has 5 aromatic rings. The monoisotopic (exact) mass is 643 g/mol. The lowest BCUT2D eigenvalue weighted by Crippen LogP contribution is -2.29. The summed E-state index contributed by atoms with van der Waals surface area (Å²) in [4.78, 5) is 24.9. The number of halogens is 1. The zero-order valence-corrected chi connectivity index (χ0v) is 26.1. The molecule has 0 saturated carbocycles. The number of carbonyl (C=O) groups is 2. The van der Waals surface area contributed by atoms with Crippen LogP contribution in [0.2, 0.25) is 0 Å². The van der Waals surface area contributed by atoms with E-state index >= 15 is 0 Å². The molecule has 0 bridgehead atoms. The second-order valence-electron chi connectivity index (χ2n) is 11.2. The van der Waals surface area contributed by atoms with Crippen molar-refractivity contribution < 1.29 is 34.4 Å². The number of amides is 1. The third-order valence-electron chi connectivity index (χ3n) is 7.31. The van der Waals surface area contributed by atoms with Crippen LogP contribution in [0.4, 0.5) is 16.0 Å². The Balaban J connectivity index is 0.000000748. The van der Waals surface area contributed by atoms with Gasteiger partial charge in [-0.05, 0) is 66.3 Å². The van der Waals surface area contributed by atoms with Gasteiger partial charge in [0.1, 0.15) is 11.0 Å². The summed E-state index contributed by atoms with van der Waals surface area (Å²) in [7, 11) is 0. The summed E-state index contributed by atoms with van der Waals surface area (Å²) < 4.78 is 16.0. The molecule has 12 nitrogen and oxygen atoms in total. The Morgan fingerprint density at radius 1 is 0.979 bits per heavy atom. The van der Waals surface area contributed by atoms with E-state index < -0.39 is 30.4 Å². The van der Waals surface area contributed by atoms with Crippen LogP contribution in [-0.2, 0) is 11.3 Å². The number of nitrogens with zero attached hydrogens (tertiary/aromatic N) is 3. The van der Waals surface area contributed by atoms with Gasteiger partial charge >= 0.3 is 5.95 Å². The van der Waals surface area contributed by atoms with Crippen LogP contribution < -0.4 is 21.3 Å². The van der Waals surface area contributed by atoms with Crippen molar-refractivity contribution in [3.8, 4) is 22.4 Å². The molecule has 5 rings (SSSR count). The van der Waals surface area contributed by atoms with E-state index in [0.717, 1.165) is 11.3 Å². The van der Waals surface area contributed by atoms with Gasteiger partial charge in [-0.15, -0.1) is 5.21 Å². The molecule has 0 aliphatic rings. The molecule has 0 radical (unpaired) electrons. The van der Waals surface area contributed by atoms with Crippen molar-refractivity contribution in [2.75, 3.05) is 11.1 Å². The number of carboxylic acids is 1.